The van der Waals surface area contributed by atoms with Crippen LogP contribution in [0, 0.1) is 6.92 Å². The molecule has 3 aromatic rings. The third-order valence-electron chi connectivity index (χ3n) is 4.27. The van der Waals surface area contributed by atoms with E-state index < -0.39 is 0 Å². The Morgan fingerprint density at radius 3 is 2.71 bits per heavy atom. The minimum Gasteiger partial charge on any atom is -0.441 e. The van der Waals surface area contributed by atoms with Crippen molar-refractivity contribution in [3.05, 3.63) is 60.0 Å². The molecule has 0 unspecified atom stereocenters. The molecule has 0 amide bonds. The number of aromatic nitrogens is 1. The molecule has 3 heteroatoms. The van der Waals surface area contributed by atoms with Crippen molar-refractivity contribution in [2.75, 3.05) is 5.32 Å². The molecule has 1 heterocycles. The van der Waals surface area contributed by atoms with Gasteiger partial charge in [0.2, 0.25) is 0 Å². The van der Waals surface area contributed by atoms with Crippen molar-refractivity contribution in [1.29, 1.82) is 0 Å². The van der Waals surface area contributed by atoms with E-state index in [1.165, 1.54) is 18.4 Å². The molecule has 0 radical (unpaired) electrons. The molecule has 21 heavy (non-hydrogen) atoms. The molecule has 0 spiro atoms. The lowest BCUT2D eigenvalue weighted by Crippen LogP contribution is -2.33. The number of benzene rings is 2. The Kier molecular flexibility index (Phi) is 2.92. The first-order valence-electron chi connectivity index (χ1n) is 7.46. The molecule has 1 fully saturated rings. The van der Waals surface area contributed by atoms with E-state index in [-0.39, 0.29) is 0 Å². The smallest absolute Gasteiger partial charge is 0.192 e. The van der Waals surface area contributed by atoms with Crippen molar-refractivity contribution in [2.45, 2.75) is 31.7 Å². The van der Waals surface area contributed by atoms with Crippen LogP contribution >= 0.6 is 0 Å². The number of hydrogen-bond acceptors (Lipinski definition) is 3. The van der Waals surface area contributed by atoms with Gasteiger partial charge in [-0.15, -0.1) is 0 Å². The standard InChI is InChI=1S/C18H18N2O/c1-12-19-17-11-15(7-8-18(17)21-12)20-16-9-14(10-16)13-5-3-2-4-6-13/h2-8,11,14,16,20H,9-10H2,1H3. The van der Waals surface area contributed by atoms with Gasteiger partial charge < -0.3 is 9.73 Å². The van der Waals surface area contributed by atoms with Gasteiger partial charge in [-0.1, -0.05) is 30.3 Å². The highest BCUT2D eigenvalue weighted by Crippen LogP contribution is 2.38. The fraction of sp³-hybridized carbons (Fsp3) is 0.278. The van der Waals surface area contributed by atoms with Gasteiger partial charge in [-0.25, -0.2) is 4.98 Å². The van der Waals surface area contributed by atoms with E-state index in [1.54, 1.807) is 0 Å². The maximum Gasteiger partial charge on any atom is 0.192 e. The second-order valence-electron chi connectivity index (χ2n) is 5.84. The molecule has 106 valence electrons. The number of rotatable bonds is 3. The molecule has 0 aliphatic heterocycles. The second-order valence-corrected chi connectivity index (χ2v) is 5.84. The summed E-state index contributed by atoms with van der Waals surface area (Å²) >= 11 is 0. The average molecular weight is 278 g/mol. The number of aryl methyl sites for hydroxylation is 1. The van der Waals surface area contributed by atoms with E-state index in [4.69, 9.17) is 4.42 Å². The van der Waals surface area contributed by atoms with Gasteiger partial charge in [0, 0.05) is 18.7 Å². The van der Waals surface area contributed by atoms with Crippen LogP contribution in [0.5, 0.6) is 0 Å². The summed E-state index contributed by atoms with van der Waals surface area (Å²) in [4.78, 5) is 4.38. The zero-order chi connectivity index (χ0) is 14.2. The first-order valence-corrected chi connectivity index (χ1v) is 7.46. The summed E-state index contributed by atoms with van der Waals surface area (Å²) in [6, 6.07) is 17.5. The summed E-state index contributed by atoms with van der Waals surface area (Å²) in [5.41, 5.74) is 4.37. The predicted molar refractivity (Wildman–Crippen MR) is 84.6 cm³/mol. The van der Waals surface area contributed by atoms with Crippen LogP contribution in [0.3, 0.4) is 0 Å². The molecule has 0 atom stereocenters. The molecule has 0 bridgehead atoms. The van der Waals surface area contributed by atoms with Crippen molar-refractivity contribution >= 4 is 16.8 Å². The van der Waals surface area contributed by atoms with Gasteiger partial charge in [0.05, 0.1) is 0 Å². The molecule has 0 saturated heterocycles. The molecular weight excluding hydrogens is 260 g/mol. The molecular formula is C18H18N2O. The Morgan fingerprint density at radius 2 is 1.90 bits per heavy atom. The summed E-state index contributed by atoms with van der Waals surface area (Å²) in [5, 5.41) is 3.60. The molecule has 1 N–H and O–H groups in total. The molecule has 1 aliphatic rings. The van der Waals surface area contributed by atoms with Crippen LogP contribution in [0.1, 0.15) is 30.2 Å². The number of anilines is 1. The highest BCUT2D eigenvalue weighted by molar-refractivity contribution is 5.77. The first-order chi connectivity index (χ1) is 10.3. The normalized spacial score (nSPS) is 21.2. The van der Waals surface area contributed by atoms with Crippen molar-refractivity contribution in [3.63, 3.8) is 0 Å². The summed E-state index contributed by atoms with van der Waals surface area (Å²) in [7, 11) is 0. The predicted octanol–water partition coefficient (Wildman–Crippen LogP) is 4.49. The molecule has 3 nitrogen and oxygen atoms in total. The maximum absolute atomic E-state index is 5.50. The number of oxazole rings is 1. The van der Waals surface area contributed by atoms with Crippen LogP contribution < -0.4 is 5.32 Å². The van der Waals surface area contributed by atoms with Gasteiger partial charge in [-0.2, -0.15) is 0 Å². The first kappa shape index (κ1) is 12.5. The van der Waals surface area contributed by atoms with Crippen molar-refractivity contribution < 1.29 is 4.42 Å². The molecule has 1 aromatic heterocycles. The van der Waals surface area contributed by atoms with Gasteiger partial charge >= 0.3 is 0 Å². The van der Waals surface area contributed by atoms with Crippen LogP contribution in [-0.2, 0) is 0 Å². The van der Waals surface area contributed by atoms with Crippen LogP contribution in [0.15, 0.2) is 52.9 Å². The molecule has 4 rings (SSSR count). The summed E-state index contributed by atoms with van der Waals surface area (Å²) in [5.74, 6) is 1.41. The number of nitrogens with one attached hydrogen (secondary N) is 1. The van der Waals surface area contributed by atoms with E-state index in [2.05, 4.69) is 52.8 Å². The Labute approximate surface area is 124 Å². The topological polar surface area (TPSA) is 38.1 Å². The van der Waals surface area contributed by atoms with Gasteiger partial charge in [-0.05, 0) is 42.5 Å². The zero-order valence-electron chi connectivity index (χ0n) is 12.0. The minimum absolute atomic E-state index is 0.556. The quantitative estimate of drug-likeness (QED) is 0.767. The number of fused-ring (bicyclic) bond motifs is 1. The fourth-order valence-electron chi connectivity index (χ4n) is 3.10. The third-order valence-corrected chi connectivity index (χ3v) is 4.27. The average Bonchev–Trinajstić information content (AvgIpc) is 2.82. The zero-order valence-corrected chi connectivity index (χ0v) is 12.0. The molecule has 2 aromatic carbocycles. The van der Waals surface area contributed by atoms with E-state index in [0.717, 1.165) is 22.7 Å². The Balaban J connectivity index is 1.43. The summed E-state index contributed by atoms with van der Waals surface area (Å²) in [6.45, 7) is 1.88. The lowest BCUT2D eigenvalue weighted by molar-refractivity contribution is 0.374. The second kappa shape index (κ2) is 4.92. The van der Waals surface area contributed by atoms with Crippen LogP contribution in [0.25, 0.3) is 11.1 Å². The summed E-state index contributed by atoms with van der Waals surface area (Å²) in [6.07, 6.45) is 2.39. The number of hydrogen-bond donors (Lipinski definition) is 1. The highest BCUT2D eigenvalue weighted by Gasteiger charge is 2.30. The minimum atomic E-state index is 0.556. The van der Waals surface area contributed by atoms with Crippen molar-refractivity contribution in [1.82, 2.24) is 4.98 Å². The Bertz CT molecular complexity index is 757. The largest absolute Gasteiger partial charge is 0.441 e. The fourth-order valence-corrected chi connectivity index (χ4v) is 3.10. The third kappa shape index (κ3) is 2.40. The lowest BCUT2D eigenvalue weighted by atomic mass is 9.76. The number of nitrogens with zero attached hydrogens (tertiary/aromatic N) is 1. The van der Waals surface area contributed by atoms with Crippen LogP contribution in [0.4, 0.5) is 5.69 Å². The van der Waals surface area contributed by atoms with Crippen molar-refractivity contribution in [3.8, 4) is 0 Å². The van der Waals surface area contributed by atoms with Gasteiger partial charge in [0.25, 0.3) is 0 Å². The lowest BCUT2D eigenvalue weighted by Gasteiger charge is -2.36. The summed E-state index contributed by atoms with van der Waals surface area (Å²) < 4.78 is 5.50. The molecule has 1 aliphatic carbocycles. The monoisotopic (exact) mass is 278 g/mol. The van der Waals surface area contributed by atoms with E-state index in [9.17, 15) is 0 Å². The maximum atomic E-state index is 5.50. The highest BCUT2D eigenvalue weighted by atomic mass is 16.3. The Hall–Kier alpha value is -2.29. The molecule has 1 saturated carbocycles. The Morgan fingerprint density at radius 1 is 1.10 bits per heavy atom. The van der Waals surface area contributed by atoms with E-state index in [0.29, 0.717) is 12.0 Å². The van der Waals surface area contributed by atoms with Crippen LogP contribution in [-0.4, -0.2) is 11.0 Å². The van der Waals surface area contributed by atoms with Gasteiger partial charge in [0.15, 0.2) is 11.5 Å². The SMILES string of the molecule is Cc1nc2cc(NC3CC(c4ccccc4)C3)ccc2o1. The van der Waals surface area contributed by atoms with Gasteiger partial charge in [-0.3, -0.25) is 0 Å². The van der Waals surface area contributed by atoms with Crippen LogP contribution in [0.2, 0.25) is 0 Å². The van der Waals surface area contributed by atoms with E-state index >= 15 is 0 Å². The van der Waals surface area contributed by atoms with Crippen molar-refractivity contribution in [2.24, 2.45) is 0 Å². The van der Waals surface area contributed by atoms with Gasteiger partial charge in [0.1, 0.15) is 5.52 Å². The van der Waals surface area contributed by atoms with E-state index in [1.807, 2.05) is 13.0 Å².